The molecular weight excluding hydrogens is 524 g/mol. The second kappa shape index (κ2) is 12.6. The summed E-state index contributed by atoms with van der Waals surface area (Å²) in [6.07, 6.45) is 1.96. The first-order valence-corrected chi connectivity index (χ1v) is 14.8. The molecule has 0 saturated carbocycles. The average Bonchev–Trinajstić information content (AvgIpc) is 3.04. The maximum Gasteiger partial charge on any atom is 0.254 e. The van der Waals surface area contributed by atoms with Crippen LogP contribution in [0.3, 0.4) is 0 Å². The molecule has 2 aliphatic rings. The van der Waals surface area contributed by atoms with E-state index in [0.29, 0.717) is 37.8 Å². The molecule has 0 atom stereocenters. The van der Waals surface area contributed by atoms with Crippen molar-refractivity contribution in [1.29, 1.82) is 5.26 Å². The van der Waals surface area contributed by atoms with Gasteiger partial charge in [0.2, 0.25) is 0 Å². The van der Waals surface area contributed by atoms with Gasteiger partial charge in [0.05, 0.1) is 16.8 Å². The maximum absolute atomic E-state index is 13.8. The standard InChI is InChI=1S/C34H40N6O2/c1-24-21-25(2)32(37(4)27-13-15-38(16-14-27)30-11-7-5-9-26(30)23-35)22-29(24)34(42)40-19-17-39(18-20-40)31-12-8-6-10-28(31)33(41)36-3/h5-12,21-22,27H,13-20H2,1-4H3,(H,36,41). The molecule has 2 saturated heterocycles. The molecule has 0 aliphatic carbocycles. The van der Waals surface area contributed by atoms with Crippen LogP contribution < -0.4 is 20.0 Å². The Labute approximate surface area is 249 Å². The summed E-state index contributed by atoms with van der Waals surface area (Å²) in [5.74, 6) is -0.0435. The van der Waals surface area contributed by atoms with E-state index in [0.717, 1.165) is 59.7 Å². The normalized spacial score (nSPS) is 15.7. The van der Waals surface area contributed by atoms with Gasteiger partial charge in [-0.1, -0.05) is 30.3 Å². The number of piperidine rings is 1. The number of amides is 2. The maximum atomic E-state index is 13.8. The Morgan fingerprint density at radius 2 is 1.45 bits per heavy atom. The van der Waals surface area contributed by atoms with Crippen LogP contribution >= 0.6 is 0 Å². The number of rotatable bonds is 6. The first-order valence-electron chi connectivity index (χ1n) is 14.8. The summed E-state index contributed by atoms with van der Waals surface area (Å²) in [5.41, 5.74) is 7.30. The van der Waals surface area contributed by atoms with Gasteiger partial charge in [-0.05, 0) is 68.1 Å². The van der Waals surface area contributed by atoms with Crippen LogP contribution in [0.25, 0.3) is 0 Å². The van der Waals surface area contributed by atoms with Crippen molar-refractivity contribution in [3.05, 3.63) is 88.5 Å². The van der Waals surface area contributed by atoms with Gasteiger partial charge >= 0.3 is 0 Å². The lowest BCUT2D eigenvalue weighted by Crippen LogP contribution is -2.49. The van der Waals surface area contributed by atoms with Gasteiger partial charge in [-0.25, -0.2) is 0 Å². The number of nitrogens with one attached hydrogen (secondary N) is 1. The zero-order chi connectivity index (χ0) is 29.8. The summed E-state index contributed by atoms with van der Waals surface area (Å²) in [4.78, 5) is 35.0. The predicted molar refractivity (Wildman–Crippen MR) is 169 cm³/mol. The molecule has 3 aromatic carbocycles. The summed E-state index contributed by atoms with van der Waals surface area (Å²) in [6.45, 7) is 8.45. The number of piperazine rings is 1. The molecule has 8 nitrogen and oxygen atoms in total. The molecule has 2 heterocycles. The van der Waals surface area contributed by atoms with Crippen molar-refractivity contribution in [2.75, 3.05) is 68.1 Å². The minimum absolute atomic E-state index is 0.0596. The minimum Gasteiger partial charge on any atom is -0.371 e. The highest BCUT2D eigenvalue weighted by Crippen LogP contribution is 2.31. The van der Waals surface area contributed by atoms with Gasteiger partial charge in [0.15, 0.2) is 0 Å². The highest BCUT2D eigenvalue weighted by molar-refractivity contribution is 6.00. The van der Waals surface area contributed by atoms with Crippen molar-refractivity contribution in [1.82, 2.24) is 10.2 Å². The monoisotopic (exact) mass is 564 g/mol. The summed E-state index contributed by atoms with van der Waals surface area (Å²) >= 11 is 0. The zero-order valence-electron chi connectivity index (χ0n) is 25.1. The van der Waals surface area contributed by atoms with Gasteiger partial charge in [-0.3, -0.25) is 9.59 Å². The largest absolute Gasteiger partial charge is 0.371 e. The first kappa shape index (κ1) is 29.0. The van der Waals surface area contributed by atoms with Gasteiger partial charge in [0.25, 0.3) is 11.8 Å². The molecule has 8 heteroatoms. The van der Waals surface area contributed by atoms with Crippen molar-refractivity contribution in [2.24, 2.45) is 0 Å². The molecule has 42 heavy (non-hydrogen) atoms. The fraction of sp³-hybridized carbons (Fsp3) is 0.382. The molecular formula is C34H40N6O2. The molecule has 0 aromatic heterocycles. The Morgan fingerprint density at radius 1 is 0.833 bits per heavy atom. The number of benzene rings is 3. The molecule has 0 spiro atoms. The van der Waals surface area contributed by atoms with Crippen LogP contribution in [0.1, 0.15) is 50.2 Å². The van der Waals surface area contributed by atoms with Crippen LogP contribution in [0.5, 0.6) is 0 Å². The van der Waals surface area contributed by atoms with Crippen molar-refractivity contribution < 1.29 is 9.59 Å². The van der Waals surface area contributed by atoms with Crippen molar-refractivity contribution in [3.63, 3.8) is 0 Å². The van der Waals surface area contributed by atoms with Gasteiger partial charge < -0.3 is 24.9 Å². The second-order valence-electron chi connectivity index (χ2n) is 11.3. The first-order chi connectivity index (χ1) is 20.3. The van der Waals surface area contributed by atoms with Crippen molar-refractivity contribution >= 4 is 28.9 Å². The molecule has 1 N–H and O–H groups in total. The van der Waals surface area contributed by atoms with Crippen LogP contribution in [0, 0.1) is 25.2 Å². The molecule has 5 rings (SSSR count). The van der Waals surface area contributed by atoms with E-state index in [9.17, 15) is 14.9 Å². The summed E-state index contributed by atoms with van der Waals surface area (Å²) in [6, 6.07) is 22.3. The molecule has 2 aliphatic heterocycles. The fourth-order valence-electron chi connectivity index (χ4n) is 6.38. The van der Waals surface area contributed by atoms with E-state index in [1.807, 2.05) is 60.4 Å². The molecule has 3 aromatic rings. The Hall–Kier alpha value is -4.51. The van der Waals surface area contributed by atoms with Crippen LogP contribution in [-0.2, 0) is 0 Å². The minimum atomic E-state index is -0.103. The van der Waals surface area contributed by atoms with Crippen LogP contribution in [0.2, 0.25) is 0 Å². The number of anilines is 3. The van der Waals surface area contributed by atoms with E-state index in [4.69, 9.17) is 0 Å². The van der Waals surface area contributed by atoms with E-state index >= 15 is 0 Å². The van der Waals surface area contributed by atoms with E-state index in [-0.39, 0.29) is 11.8 Å². The number of hydrogen-bond donors (Lipinski definition) is 1. The lowest BCUT2D eigenvalue weighted by molar-refractivity contribution is 0.0745. The third-order valence-electron chi connectivity index (χ3n) is 8.81. The van der Waals surface area contributed by atoms with Crippen molar-refractivity contribution in [2.45, 2.75) is 32.7 Å². The summed E-state index contributed by atoms with van der Waals surface area (Å²) in [7, 11) is 3.78. The lowest BCUT2D eigenvalue weighted by Gasteiger charge is -2.40. The van der Waals surface area contributed by atoms with Crippen LogP contribution in [0.15, 0.2) is 60.7 Å². The topological polar surface area (TPSA) is 82.9 Å². The molecule has 2 amide bonds. The zero-order valence-corrected chi connectivity index (χ0v) is 25.1. The van der Waals surface area contributed by atoms with Gasteiger partial charge in [-0.2, -0.15) is 5.26 Å². The quantitative estimate of drug-likeness (QED) is 0.471. The van der Waals surface area contributed by atoms with Crippen molar-refractivity contribution in [3.8, 4) is 6.07 Å². The third-order valence-corrected chi connectivity index (χ3v) is 8.81. The number of carbonyl (C=O) groups is 2. The lowest BCUT2D eigenvalue weighted by atomic mass is 9.97. The van der Waals surface area contributed by atoms with E-state index in [1.165, 1.54) is 5.56 Å². The molecule has 0 radical (unpaired) electrons. The van der Waals surface area contributed by atoms with E-state index in [1.54, 1.807) is 7.05 Å². The molecule has 218 valence electrons. The summed E-state index contributed by atoms with van der Waals surface area (Å²) in [5, 5.41) is 12.3. The highest BCUT2D eigenvalue weighted by Gasteiger charge is 2.28. The Bertz CT molecular complexity index is 1500. The predicted octanol–water partition coefficient (Wildman–Crippen LogP) is 4.60. The molecule has 0 bridgehead atoms. The SMILES string of the molecule is CNC(=O)c1ccccc1N1CCN(C(=O)c2cc(N(C)C3CCN(c4ccccc4C#N)CC3)c(C)cc2C)CC1. The number of nitriles is 1. The van der Waals surface area contributed by atoms with Crippen LogP contribution in [0.4, 0.5) is 17.1 Å². The Morgan fingerprint density at radius 3 is 2.12 bits per heavy atom. The Balaban J connectivity index is 1.26. The van der Waals surface area contributed by atoms with E-state index in [2.05, 4.69) is 52.2 Å². The smallest absolute Gasteiger partial charge is 0.254 e. The van der Waals surface area contributed by atoms with Gasteiger partial charge in [-0.15, -0.1) is 0 Å². The Kier molecular flexibility index (Phi) is 8.67. The number of carbonyl (C=O) groups excluding carboxylic acids is 2. The number of aryl methyl sites for hydroxylation is 2. The van der Waals surface area contributed by atoms with Crippen LogP contribution in [-0.4, -0.2) is 76.1 Å². The highest BCUT2D eigenvalue weighted by atomic mass is 16.2. The average molecular weight is 565 g/mol. The van der Waals surface area contributed by atoms with Gasteiger partial charge in [0.1, 0.15) is 6.07 Å². The molecule has 2 fully saturated rings. The fourth-order valence-corrected chi connectivity index (χ4v) is 6.38. The van der Waals surface area contributed by atoms with Gasteiger partial charge in [0, 0.05) is 76.3 Å². The van der Waals surface area contributed by atoms with E-state index < -0.39 is 0 Å². The molecule has 0 unspecified atom stereocenters. The second-order valence-corrected chi connectivity index (χ2v) is 11.3. The number of hydrogen-bond acceptors (Lipinski definition) is 6. The number of nitrogens with zero attached hydrogens (tertiary/aromatic N) is 5. The third kappa shape index (κ3) is 5.78. The summed E-state index contributed by atoms with van der Waals surface area (Å²) < 4.78 is 0. The number of para-hydroxylation sites is 2.